The molecule has 6 heteroatoms. The average molecular weight is 295 g/mol. The van der Waals surface area contributed by atoms with Crippen molar-refractivity contribution >= 4 is 11.6 Å². The predicted octanol–water partition coefficient (Wildman–Crippen LogP) is 3.00. The largest absolute Gasteiger partial charge is 0.480 e. The monoisotopic (exact) mass is 295 g/mol. The van der Waals surface area contributed by atoms with Crippen molar-refractivity contribution in [2.45, 2.75) is 0 Å². The van der Waals surface area contributed by atoms with Gasteiger partial charge < -0.3 is 14.5 Å². The maximum atomic E-state index is 12.3. The van der Waals surface area contributed by atoms with E-state index in [1.54, 1.807) is 36.7 Å². The Balaban J connectivity index is 1.84. The standard InChI is InChI=1S/C16H13N3O3/c1-21-16-13(6-3-7-18-16)15(20)19-12-5-2-4-11(8-12)14-9-17-10-22-14/h2-10H,1H3,(H,19,20). The summed E-state index contributed by atoms with van der Waals surface area (Å²) in [5, 5.41) is 2.81. The lowest BCUT2D eigenvalue weighted by molar-refractivity contribution is 0.102. The molecule has 0 spiro atoms. The molecule has 0 bridgehead atoms. The normalized spacial score (nSPS) is 10.2. The molecule has 1 N–H and O–H groups in total. The van der Waals surface area contributed by atoms with Crippen LogP contribution in [0.1, 0.15) is 10.4 Å². The molecule has 3 aromatic rings. The predicted molar refractivity (Wildman–Crippen MR) is 80.7 cm³/mol. The van der Waals surface area contributed by atoms with Gasteiger partial charge in [0, 0.05) is 17.4 Å². The first-order valence-electron chi connectivity index (χ1n) is 6.57. The lowest BCUT2D eigenvalue weighted by atomic mass is 10.1. The molecule has 0 atom stereocenters. The zero-order chi connectivity index (χ0) is 15.4. The summed E-state index contributed by atoms with van der Waals surface area (Å²) < 4.78 is 10.3. The SMILES string of the molecule is COc1ncccc1C(=O)Nc1cccc(-c2cnco2)c1. The van der Waals surface area contributed by atoms with Gasteiger partial charge in [0.15, 0.2) is 12.2 Å². The third kappa shape index (κ3) is 2.80. The molecular weight excluding hydrogens is 282 g/mol. The van der Waals surface area contributed by atoms with E-state index < -0.39 is 0 Å². The van der Waals surface area contributed by atoms with Crippen molar-refractivity contribution < 1.29 is 13.9 Å². The molecule has 6 nitrogen and oxygen atoms in total. The van der Waals surface area contributed by atoms with E-state index in [1.807, 2.05) is 12.1 Å². The number of aromatic nitrogens is 2. The Morgan fingerprint density at radius 3 is 2.95 bits per heavy atom. The molecule has 0 aliphatic carbocycles. The molecule has 0 radical (unpaired) electrons. The molecule has 2 aromatic heterocycles. The number of benzene rings is 1. The minimum absolute atomic E-state index is 0.284. The number of amides is 1. The molecule has 0 fully saturated rings. The Morgan fingerprint density at radius 2 is 2.18 bits per heavy atom. The van der Waals surface area contributed by atoms with Gasteiger partial charge in [0.05, 0.1) is 13.3 Å². The quantitative estimate of drug-likeness (QED) is 0.800. The molecule has 0 saturated heterocycles. The van der Waals surface area contributed by atoms with Gasteiger partial charge in [0.2, 0.25) is 5.88 Å². The minimum Gasteiger partial charge on any atom is -0.480 e. The first-order valence-corrected chi connectivity index (χ1v) is 6.57. The van der Waals surface area contributed by atoms with Crippen LogP contribution < -0.4 is 10.1 Å². The van der Waals surface area contributed by atoms with Crippen LogP contribution in [0.5, 0.6) is 5.88 Å². The fourth-order valence-electron chi connectivity index (χ4n) is 2.03. The molecule has 1 aromatic carbocycles. The molecule has 0 aliphatic rings. The average Bonchev–Trinajstić information content (AvgIpc) is 3.09. The number of carbonyl (C=O) groups excluding carboxylic acids is 1. The van der Waals surface area contributed by atoms with Gasteiger partial charge in [-0.05, 0) is 24.3 Å². The summed E-state index contributed by atoms with van der Waals surface area (Å²) in [7, 11) is 1.48. The number of anilines is 1. The Kier molecular flexibility index (Phi) is 3.82. The van der Waals surface area contributed by atoms with E-state index in [2.05, 4.69) is 15.3 Å². The van der Waals surface area contributed by atoms with Gasteiger partial charge in [0.25, 0.3) is 5.91 Å². The highest BCUT2D eigenvalue weighted by Gasteiger charge is 2.13. The van der Waals surface area contributed by atoms with Crippen LogP contribution in [-0.2, 0) is 0 Å². The van der Waals surface area contributed by atoms with Gasteiger partial charge in [-0.3, -0.25) is 4.79 Å². The second kappa shape index (κ2) is 6.09. The Hall–Kier alpha value is -3.15. The number of ether oxygens (including phenoxy) is 1. The van der Waals surface area contributed by atoms with E-state index in [0.29, 0.717) is 17.0 Å². The second-order valence-electron chi connectivity index (χ2n) is 4.46. The zero-order valence-electron chi connectivity index (χ0n) is 11.8. The number of rotatable bonds is 4. The Labute approximate surface area is 126 Å². The molecule has 0 unspecified atom stereocenters. The maximum Gasteiger partial charge on any atom is 0.261 e. The number of oxazole rings is 1. The first-order chi connectivity index (χ1) is 10.8. The number of nitrogens with zero attached hydrogens (tertiary/aromatic N) is 2. The van der Waals surface area contributed by atoms with E-state index in [9.17, 15) is 4.79 Å². The van der Waals surface area contributed by atoms with Crippen LogP contribution in [0.25, 0.3) is 11.3 Å². The lowest BCUT2D eigenvalue weighted by Crippen LogP contribution is -2.13. The number of hydrogen-bond donors (Lipinski definition) is 1. The Bertz CT molecular complexity index is 785. The van der Waals surface area contributed by atoms with Crippen molar-refractivity contribution in [1.29, 1.82) is 0 Å². The third-order valence-electron chi connectivity index (χ3n) is 3.05. The summed E-state index contributed by atoms with van der Waals surface area (Å²) in [6, 6.07) is 10.6. The van der Waals surface area contributed by atoms with Crippen LogP contribution in [0, 0.1) is 0 Å². The van der Waals surface area contributed by atoms with Gasteiger partial charge in [-0.25, -0.2) is 9.97 Å². The first kappa shape index (κ1) is 13.8. The summed E-state index contributed by atoms with van der Waals surface area (Å²) >= 11 is 0. The minimum atomic E-state index is -0.292. The molecule has 2 heterocycles. The number of pyridine rings is 1. The van der Waals surface area contributed by atoms with Crippen LogP contribution in [0.3, 0.4) is 0 Å². The van der Waals surface area contributed by atoms with Crippen molar-refractivity contribution in [1.82, 2.24) is 9.97 Å². The van der Waals surface area contributed by atoms with Crippen LogP contribution in [-0.4, -0.2) is 23.0 Å². The highest BCUT2D eigenvalue weighted by atomic mass is 16.5. The van der Waals surface area contributed by atoms with Crippen LogP contribution in [0.4, 0.5) is 5.69 Å². The second-order valence-corrected chi connectivity index (χ2v) is 4.46. The van der Waals surface area contributed by atoms with Crippen LogP contribution in [0.15, 0.2) is 59.6 Å². The van der Waals surface area contributed by atoms with Crippen molar-refractivity contribution in [2.75, 3.05) is 12.4 Å². The fraction of sp³-hybridized carbons (Fsp3) is 0.0625. The molecule has 3 rings (SSSR count). The molecule has 110 valence electrons. The summed E-state index contributed by atoms with van der Waals surface area (Å²) in [6.45, 7) is 0. The number of nitrogens with one attached hydrogen (secondary N) is 1. The summed E-state index contributed by atoms with van der Waals surface area (Å²) in [5.41, 5.74) is 1.84. The maximum absolute atomic E-state index is 12.3. The van der Waals surface area contributed by atoms with Crippen molar-refractivity contribution in [3.8, 4) is 17.2 Å². The fourth-order valence-corrected chi connectivity index (χ4v) is 2.03. The van der Waals surface area contributed by atoms with E-state index in [0.717, 1.165) is 5.56 Å². The van der Waals surface area contributed by atoms with Crippen molar-refractivity contribution in [2.24, 2.45) is 0 Å². The molecule has 0 saturated carbocycles. The van der Waals surface area contributed by atoms with Crippen LogP contribution in [0.2, 0.25) is 0 Å². The zero-order valence-corrected chi connectivity index (χ0v) is 11.8. The topological polar surface area (TPSA) is 77.2 Å². The highest BCUT2D eigenvalue weighted by molar-refractivity contribution is 6.06. The van der Waals surface area contributed by atoms with E-state index in [1.165, 1.54) is 13.5 Å². The number of hydrogen-bond acceptors (Lipinski definition) is 5. The van der Waals surface area contributed by atoms with Crippen molar-refractivity contribution in [3.05, 3.63) is 60.7 Å². The lowest BCUT2D eigenvalue weighted by Gasteiger charge is -2.08. The highest BCUT2D eigenvalue weighted by Crippen LogP contribution is 2.23. The van der Waals surface area contributed by atoms with E-state index in [-0.39, 0.29) is 11.8 Å². The van der Waals surface area contributed by atoms with Gasteiger partial charge in [-0.15, -0.1) is 0 Å². The summed E-state index contributed by atoms with van der Waals surface area (Å²) in [6.07, 6.45) is 4.55. The molecular formula is C16H13N3O3. The Morgan fingerprint density at radius 1 is 1.27 bits per heavy atom. The van der Waals surface area contributed by atoms with Gasteiger partial charge in [-0.2, -0.15) is 0 Å². The van der Waals surface area contributed by atoms with Crippen molar-refractivity contribution in [3.63, 3.8) is 0 Å². The number of carbonyl (C=O) groups is 1. The van der Waals surface area contributed by atoms with Gasteiger partial charge in [-0.1, -0.05) is 12.1 Å². The number of methoxy groups -OCH3 is 1. The summed E-state index contributed by atoms with van der Waals surface area (Å²) in [5.74, 6) is 0.626. The van der Waals surface area contributed by atoms with Gasteiger partial charge in [0.1, 0.15) is 5.56 Å². The molecule has 0 aliphatic heterocycles. The molecule has 1 amide bonds. The molecule has 22 heavy (non-hydrogen) atoms. The van der Waals surface area contributed by atoms with Gasteiger partial charge >= 0.3 is 0 Å². The van der Waals surface area contributed by atoms with E-state index in [4.69, 9.17) is 9.15 Å². The van der Waals surface area contributed by atoms with E-state index >= 15 is 0 Å². The smallest absolute Gasteiger partial charge is 0.261 e. The summed E-state index contributed by atoms with van der Waals surface area (Å²) in [4.78, 5) is 20.2. The van der Waals surface area contributed by atoms with Crippen LogP contribution >= 0.6 is 0 Å². The third-order valence-corrected chi connectivity index (χ3v) is 3.05.